The zero-order valence-corrected chi connectivity index (χ0v) is 9.85. The first-order valence-electron chi connectivity index (χ1n) is 4.15. The molecule has 0 spiro atoms. The Balaban J connectivity index is 3.88. The quantitative estimate of drug-likeness (QED) is 0.558. The lowest BCUT2D eigenvalue weighted by Gasteiger charge is -2.12. The van der Waals surface area contributed by atoms with Crippen molar-refractivity contribution in [3.63, 3.8) is 0 Å². The molecule has 0 radical (unpaired) electrons. The number of alkyl halides is 1. The normalized spacial score (nSPS) is 12.4. The molecule has 0 fully saturated rings. The first-order chi connectivity index (χ1) is 6.47. The van der Waals surface area contributed by atoms with Gasteiger partial charge in [-0.2, -0.15) is 0 Å². The monoisotopic (exact) mass is 240 g/mol. The minimum absolute atomic E-state index is 0.277. The Morgan fingerprint density at radius 3 is 2.36 bits per heavy atom. The Bertz CT molecular complexity index is 208. The van der Waals surface area contributed by atoms with Crippen LogP contribution >= 0.6 is 23.4 Å². The smallest absolute Gasteiger partial charge is 0.369 e. The molecule has 0 aliphatic rings. The largest absolute Gasteiger partial charge is 0.459 e. The Kier molecular flexibility index (Phi) is 6.74. The first-order valence-corrected chi connectivity index (χ1v) is 5.57. The molecular weight excluding hydrogens is 228 g/mol. The molecule has 0 aromatic rings. The van der Waals surface area contributed by atoms with E-state index in [1.165, 1.54) is 0 Å². The highest BCUT2D eigenvalue weighted by Gasteiger charge is 2.22. The third kappa shape index (κ3) is 6.10. The minimum atomic E-state index is -1.36. The van der Waals surface area contributed by atoms with E-state index in [1.54, 1.807) is 20.8 Å². The lowest BCUT2D eigenvalue weighted by molar-refractivity contribution is -0.152. The molecule has 0 saturated carbocycles. The fraction of sp³-hybridized carbons (Fsp3) is 0.750. The van der Waals surface area contributed by atoms with Crippen molar-refractivity contribution in [3.05, 3.63) is 0 Å². The van der Waals surface area contributed by atoms with Gasteiger partial charge in [0.1, 0.15) is 0 Å². The number of hydrogen-bond donors (Lipinski definition) is 0. The molecule has 6 heteroatoms. The number of halogens is 1. The van der Waals surface area contributed by atoms with Crippen LogP contribution in [0.3, 0.4) is 0 Å². The molecule has 0 aliphatic carbocycles. The summed E-state index contributed by atoms with van der Waals surface area (Å²) in [5.41, 5.74) is -1.36. The average molecular weight is 241 g/mol. The van der Waals surface area contributed by atoms with Crippen molar-refractivity contribution in [1.82, 2.24) is 0 Å². The molecule has 0 aromatic heterocycles. The fourth-order valence-corrected chi connectivity index (χ4v) is 1.16. The van der Waals surface area contributed by atoms with Gasteiger partial charge in [-0.1, -0.05) is 18.5 Å². The van der Waals surface area contributed by atoms with E-state index in [2.05, 4.69) is 4.74 Å². The van der Waals surface area contributed by atoms with Gasteiger partial charge in [0.2, 0.25) is 0 Å². The molecule has 0 heterocycles. The Morgan fingerprint density at radius 1 is 1.36 bits per heavy atom. The van der Waals surface area contributed by atoms with E-state index in [-0.39, 0.29) is 6.10 Å². The molecule has 1 atom stereocenters. The van der Waals surface area contributed by atoms with E-state index >= 15 is 0 Å². The van der Waals surface area contributed by atoms with Crippen LogP contribution in [-0.2, 0) is 14.3 Å². The van der Waals surface area contributed by atoms with Gasteiger partial charge in [0.25, 0.3) is 5.56 Å². The van der Waals surface area contributed by atoms with Crippen molar-refractivity contribution in [2.45, 2.75) is 32.4 Å². The van der Waals surface area contributed by atoms with Gasteiger partial charge in [0.05, 0.1) is 6.10 Å². The van der Waals surface area contributed by atoms with E-state index in [9.17, 15) is 9.59 Å². The number of thioether (sulfide) groups is 1. The highest BCUT2D eigenvalue weighted by Crippen LogP contribution is 2.11. The second-order valence-corrected chi connectivity index (χ2v) is 4.20. The summed E-state index contributed by atoms with van der Waals surface area (Å²) < 4.78 is 9.30. The van der Waals surface area contributed by atoms with Gasteiger partial charge in [-0.3, -0.25) is 0 Å². The average Bonchev–Trinajstić information content (AvgIpc) is 2.02. The van der Waals surface area contributed by atoms with Crippen LogP contribution in [0.4, 0.5) is 4.79 Å². The van der Waals surface area contributed by atoms with E-state index in [0.717, 1.165) is 11.8 Å². The van der Waals surface area contributed by atoms with Crippen LogP contribution in [0, 0.1) is 0 Å². The highest BCUT2D eigenvalue weighted by molar-refractivity contribution is 8.13. The van der Waals surface area contributed by atoms with Crippen molar-refractivity contribution in [2.24, 2.45) is 0 Å². The maximum atomic E-state index is 11.1. The Morgan fingerprint density at radius 2 is 1.93 bits per heavy atom. The fourth-order valence-electron chi connectivity index (χ4n) is 0.570. The number of hydrogen-bond acceptors (Lipinski definition) is 5. The van der Waals surface area contributed by atoms with Gasteiger partial charge in [-0.25, -0.2) is 9.59 Å². The van der Waals surface area contributed by atoms with E-state index < -0.39 is 16.8 Å². The summed E-state index contributed by atoms with van der Waals surface area (Å²) in [5, 5.41) is -0.576. The Labute approximate surface area is 92.3 Å². The molecule has 0 N–H and O–H groups in total. The minimum Gasteiger partial charge on any atom is -0.459 e. The molecule has 0 bridgehead atoms. The molecule has 0 rings (SSSR count). The molecule has 0 aliphatic heterocycles. The van der Waals surface area contributed by atoms with Gasteiger partial charge in [0, 0.05) is 5.75 Å². The third-order valence-corrected chi connectivity index (χ3v) is 1.89. The summed E-state index contributed by atoms with van der Waals surface area (Å²) in [6.45, 7) is 5.16. The number of ether oxygens (including phenoxy) is 2. The molecule has 0 saturated heterocycles. The van der Waals surface area contributed by atoms with Gasteiger partial charge in [-0.05, 0) is 25.6 Å². The van der Waals surface area contributed by atoms with Crippen LogP contribution in [0.5, 0.6) is 0 Å². The lowest BCUT2D eigenvalue weighted by Crippen LogP contribution is -2.25. The summed E-state index contributed by atoms with van der Waals surface area (Å²) >= 11 is 6.42. The second-order valence-electron chi connectivity index (χ2n) is 2.60. The van der Waals surface area contributed by atoms with E-state index in [1.807, 2.05) is 0 Å². The summed E-state index contributed by atoms with van der Waals surface area (Å²) in [7, 11) is 0. The van der Waals surface area contributed by atoms with Crippen LogP contribution < -0.4 is 0 Å². The first kappa shape index (κ1) is 13.6. The van der Waals surface area contributed by atoms with Crippen LogP contribution in [0.25, 0.3) is 0 Å². The molecule has 14 heavy (non-hydrogen) atoms. The van der Waals surface area contributed by atoms with Crippen molar-refractivity contribution in [2.75, 3.05) is 5.75 Å². The van der Waals surface area contributed by atoms with Crippen LogP contribution in [-0.4, -0.2) is 28.7 Å². The van der Waals surface area contributed by atoms with Gasteiger partial charge in [-0.15, -0.1) is 0 Å². The molecule has 0 amide bonds. The lowest BCUT2D eigenvalue weighted by atomic mass is 10.5. The third-order valence-electron chi connectivity index (χ3n) is 0.999. The molecule has 4 nitrogen and oxygen atoms in total. The van der Waals surface area contributed by atoms with Crippen LogP contribution in [0.2, 0.25) is 0 Å². The molecule has 0 aromatic carbocycles. The van der Waals surface area contributed by atoms with E-state index in [0.29, 0.717) is 5.75 Å². The summed E-state index contributed by atoms with van der Waals surface area (Å²) in [5.74, 6) is -0.173. The highest BCUT2D eigenvalue weighted by atomic mass is 35.5. The topological polar surface area (TPSA) is 52.6 Å². The van der Waals surface area contributed by atoms with Gasteiger partial charge < -0.3 is 9.47 Å². The van der Waals surface area contributed by atoms with Crippen molar-refractivity contribution in [3.8, 4) is 0 Å². The number of carbonyl (C=O) groups excluding carboxylic acids is 2. The predicted octanol–water partition coefficient (Wildman–Crippen LogP) is 2.39. The number of carbonyl (C=O) groups is 2. The Hall–Kier alpha value is -0.420. The van der Waals surface area contributed by atoms with Crippen LogP contribution in [0.15, 0.2) is 0 Å². The van der Waals surface area contributed by atoms with Crippen molar-refractivity contribution in [1.29, 1.82) is 0 Å². The van der Waals surface area contributed by atoms with Gasteiger partial charge >= 0.3 is 11.3 Å². The van der Waals surface area contributed by atoms with Crippen molar-refractivity contribution < 1.29 is 19.1 Å². The summed E-state index contributed by atoms with van der Waals surface area (Å²) in [6, 6.07) is 0. The zero-order valence-electron chi connectivity index (χ0n) is 8.28. The number of esters is 1. The summed E-state index contributed by atoms with van der Waals surface area (Å²) in [6.07, 6.45) is -0.277. The SMILES string of the molecule is CCSC(=O)OC(Cl)C(=O)OC(C)C. The predicted molar refractivity (Wildman–Crippen MR) is 55.5 cm³/mol. The summed E-state index contributed by atoms with van der Waals surface area (Å²) in [4.78, 5) is 21.9. The molecule has 82 valence electrons. The number of rotatable bonds is 4. The van der Waals surface area contributed by atoms with Gasteiger partial charge in [0.15, 0.2) is 0 Å². The molecular formula is C8H13ClO4S. The van der Waals surface area contributed by atoms with Crippen LogP contribution in [0.1, 0.15) is 20.8 Å². The second kappa shape index (κ2) is 6.95. The van der Waals surface area contributed by atoms with Crippen molar-refractivity contribution >= 4 is 34.6 Å². The maximum Gasteiger partial charge on any atom is 0.369 e. The standard InChI is InChI=1S/C8H13ClO4S/c1-4-14-8(11)13-6(9)7(10)12-5(2)3/h5-6H,4H2,1-3H3. The van der Waals surface area contributed by atoms with E-state index in [4.69, 9.17) is 16.3 Å². The maximum absolute atomic E-state index is 11.1. The molecule has 1 unspecified atom stereocenters. The zero-order chi connectivity index (χ0) is 11.1.